The van der Waals surface area contributed by atoms with Crippen molar-refractivity contribution in [3.63, 3.8) is 0 Å². The topological polar surface area (TPSA) is 67.9 Å². The first-order valence-electron chi connectivity index (χ1n) is 10.8. The van der Waals surface area contributed by atoms with Gasteiger partial charge in [-0.25, -0.2) is 0 Å². The molecule has 182 valence electrons. The Morgan fingerprint density at radius 3 is 2.54 bits per heavy atom. The molecular formula is C26H23F3N2O4. The summed E-state index contributed by atoms with van der Waals surface area (Å²) in [5, 5.41) is 2.81. The molecule has 0 bridgehead atoms. The lowest BCUT2D eigenvalue weighted by atomic mass is 10.1. The lowest BCUT2D eigenvalue weighted by molar-refractivity contribution is -0.138. The number of anilines is 1. The number of halogens is 3. The number of carbonyl (C=O) groups is 2. The molecule has 1 heterocycles. The first kappa shape index (κ1) is 24.1. The smallest absolute Gasteiger partial charge is 0.416 e. The fraction of sp³-hybridized carbons (Fsp3) is 0.231. The van der Waals surface area contributed by atoms with E-state index in [1.54, 1.807) is 55.5 Å². The van der Waals surface area contributed by atoms with Crippen molar-refractivity contribution < 1.29 is 32.2 Å². The van der Waals surface area contributed by atoms with Crippen LogP contribution in [0.15, 0.2) is 66.7 Å². The first-order chi connectivity index (χ1) is 16.6. The van der Waals surface area contributed by atoms with E-state index in [9.17, 15) is 22.8 Å². The molecule has 0 aliphatic carbocycles. The normalized spacial score (nSPS) is 15.6. The second kappa shape index (κ2) is 9.69. The number of fused-ring (bicyclic) bond motifs is 1. The Labute approximate surface area is 200 Å². The fourth-order valence-electron chi connectivity index (χ4n) is 3.82. The third-order valence-corrected chi connectivity index (χ3v) is 5.62. The van der Waals surface area contributed by atoms with Crippen molar-refractivity contribution in [2.45, 2.75) is 32.3 Å². The summed E-state index contributed by atoms with van der Waals surface area (Å²) in [6, 6.07) is 16.6. The van der Waals surface area contributed by atoms with Crippen LogP contribution >= 0.6 is 0 Å². The van der Waals surface area contributed by atoms with Crippen LogP contribution in [-0.4, -0.2) is 29.9 Å². The van der Waals surface area contributed by atoms with Crippen molar-refractivity contribution in [2.24, 2.45) is 0 Å². The minimum absolute atomic E-state index is 0.0155. The molecule has 0 aromatic heterocycles. The Morgan fingerprint density at radius 2 is 1.86 bits per heavy atom. The minimum atomic E-state index is -4.47. The number of benzene rings is 3. The van der Waals surface area contributed by atoms with E-state index in [0.717, 1.165) is 12.1 Å². The summed E-state index contributed by atoms with van der Waals surface area (Å²) in [7, 11) is 1.54. The molecule has 3 aromatic carbocycles. The molecular weight excluding hydrogens is 461 g/mol. The first-order valence-corrected chi connectivity index (χ1v) is 10.8. The summed E-state index contributed by atoms with van der Waals surface area (Å²) in [5.41, 5.74) is 1.14. The van der Waals surface area contributed by atoms with Crippen molar-refractivity contribution >= 4 is 17.5 Å². The minimum Gasteiger partial charge on any atom is -0.497 e. The number of hydrogen-bond acceptors (Lipinski definition) is 4. The van der Waals surface area contributed by atoms with Crippen LogP contribution in [0.2, 0.25) is 0 Å². The molecule has 1 atom stereocenters. The van der Waals surface area contributed by atoms with Gasteiger partial charge in [0.15, 0.2) is 6.10 Å². The zero-order valence-corrected chi connectivity index (χ0v) is 19.1. The van der Waals surface area contributed by atoms with Crippen molar-refractivity contribution in [1.82, 2.24) is 4.90 Å². The van der Waals surface area contributed by atoms with Gasteiger partial charge in [0.2, 0.25) is 0 Å². The summed E-state index contributed by atoms with van der Waals surface area (Å²) < 4.78 is 50.2. The van der Waals surface area contributed by atoms with Gasteiger partial charge in [-0.15, -0.1) is 0 Å². The Bertz CT molecular complexity index is 1240. The molecule has 6 nitrogen and oxygen atoms in total. The van der Waals surface area contributed by atoms with Crippen LogP contribution in [0.4, 0.5) is 18.9 Å². The second-order valence-electron chi connectivity index (χ2n) is 8.16. The van der Waals surface area contributed by atoms with E-state index in [1.165, 1.54) is 18.1 Å². The van der Waals surface area contributed by atoms with E-state index in [2.05, 4.69) is 5.32 Å². The summed E-state index contributed by atoms with van der Waals surface area (Å²) in [6.07, 6.45) is -5.29. The maximum absolute atomic E-state index is 13.1. The van der Waals surface area contributed by atoms with Crippen LogP contribution in [0.25, 0.3) is 0 Å². The number of amides is 2. The monoisotopic (exact) mass is 484 g/mol. The van der Waals surface area contributed by atoms with Crippen LogP contribution in [0, 0.1) is 0 Å². The van der Waals surface area contributed by atoms with Crippen LogP contribution in [0.3, 0.4) is 0 Å². The average molecular weight is 484 g/mol. The number of rotatable bonds is 5. The maximum atomic E-state index is 13.1. The molecule has 0 fully saturated rings. The highest BCUT2D eigenvalue weighted by Gasteiger charge is 2.32. The van der Waals surface area contributed by atoms with Crippen LogP contribution in [0.5, 0.6) is 11.5 Å². The van der Waals surface area contributed by atoms with Crippen molar-refractivity contribution in [2.75, 3.05) is 12.4 Å². The third-order valence-electron chi connectivity index (χ3n) is 5.62. The largest absolute Gasteiger partial charge is 0.497 e. The van der Waals surface area contributed by atoms with Crippen molar-refractivity contribution in [3.05, 3.63) is 89.0 Å². The van der Waals surface area contributed by atoms with Gasteiger partial charge in [0.25, 0.3) is 11.8 Å². The fourth-order valence-corrected chi connectivity index (χ4v) is 3.82. The SMILES string of the molecule is COc1ccc(C(=O)Nc2ccc3c(c2)CN(Cc2cccc(C(F)(F)F)c2)C(=O)[C@H](C)O3)cc1. The van der Waals surface area contributed by atoms with E-state index in [4.69, 9.17) is 9.47 Å². The van der Waals surface area contributed by atoms with Crippen LogP contribution in [-0.2, 0) is 24.1 Å². The van der Waals surface area contributed by atoms with Gasteiger partial charge in [0, 0.05) is 29.9 Å². The number of carbonyl (C=O) groups excluding carboxylic acids is 2. The molecule has 0 spiro atoms. The quantitative estimate of drug-likeness (QED) is 0.536. The van der Waals surface area contributed by atoms with E-state index in [-0.39, 0.29) is 24.9 Å². The molecule has 35 heavy (non-hydrogen) atoms. The summed E-state index contributed by atoms with van der Waals surface area (Å²) in [4.78, 5) is 27.0. The predicted molar refractivity (Wildman–Crippen MR) is 123 cm³/mol. The molecule has 3 aromatic rings. The lowest BCUT2D eigenvalue weighted by Gasteiger charge is -2.22. The number of nitrogens with one attached hydrogen (secondary N) is 1. The van der Waals surface area contributed by atoms with Crippen LogP contribution in [0.1, 0.15) is 34.0 Å². The van der Waals surface area contributed by atoms with Crippen molar-refractivity contribution in [1.29, 1.82) is 0 Å². The molecule has 0 unspecified atom stereocenters. The van der Waals surface area contributed by atoms with Crippen LogP contribution < -0.4 is 14.8 Å². The van der Waals surface area contributed by atoms with E-state index >= 15 is 0 Å². The van der Waals surface area contributed by atoms with Gasteiger partial charge in [-0.1, -0.05) is 12.1 Å². The highest BCUT2D eigenvalue weighted by Crippen LogP contribution is 2.32. The molecule has 0 radical (unpaired) electrons. The Hall–Kier alpha value is -4.01. The number of ether oxygens (including phenoxy) is 2. The number of alkyl halides is 3. The maximum Gasteiger partial charge on any atom is 0.416 e. The highest BCUT2D eigenvalue weighted by molar-refractivity contribution is 6.04. The predicted octanol–water partition coefficient (Wildman–Crippen LogP) is 5.28. The van der Waals surface area contributed by atoms with Gasteiger partial charge in [-0.3, -0.25) is 9.59 Å². The van der Waals surface area contributed by atoms with E-state index < -0.39 is 17.8 Å². The average Bonchev–Trinajstić information content (AvgIpc) is 2.95. The summed E-state index contributed by atoms with van der Waals surface area (Å²) in [5.74, 6) is 0.429. The van der Waals surface area contributed by atoms with Gasteiger partial charge < -0.3 is 19.7 Å². The Balaban J connectivity index is 1.55. The molecule has 1 N–H and O–H groups in total. The molecule has 0 saturated heterocycles. The number of nitrogens with zero attached hydrogens (tertiary/aromatic N) is 1. The Kier molecular flexibility index (Phi) is 6.68. The van der Waals surface area contributed by atoms with Crippen molar-refractivity contribution in [3.8, 4) is 11.5 Å². The second-order valence-corrected chi connectivity index (χ2v) is 8.16. The van der Waals surface area contributed by atoms with E-state index in [1.807, 2.05) is 0 Å². The summed E-state index contributed by atoms with van der Waals surface area (Å²) >= 11 is 0. The molecule has 9 heteroatoms. The zero-order chi connectivity index (χ0) is 25.2. The van der Waals surface area contributed by atoms with Gasteiger partial charge in [0.1, 0.15) is 11.5 Å². The molecule has 0 saturated carbocycles. The van der Waals surface area contributed by atoms with E-state index in [0.29, 0.717) is 33.9 Å². The van der Waals surface area contributed by atoms with Gasteiger partial charge in [-0.2, -0.15) is 13.2 Å². The highest BCUT2D eigenvalue weighted by atomic mass is 19.4. The molecule has 1 aliphatic heterocycles. The number of hydrogen-bond donors (Lipinski definition) is 1. The van der Waals surface area contributed by atoms with Gasteiger partial charge in [0.05, 0.1) is 12.7 Å². The standard InChI is InChI=1S/C26H23F3N2O4/c1-16-25(33)31(14-17-4-3-5-20(12-17)26(27,28)29)15-19-13-21(8-11-23(19)35-16)30-24(32)18-6-9-22(34-2)10-7-18/h3-13,16H,14-15H2,1-2H3,(H,30,32)/t16-/m0/s1. The van der Waals surface area contributed by atoms with Gasteiger partial charge >= 0.3 is 6.18 Å². The molecule has 2 amide bonds. The lowest BCUT2D eigenvalue weighted by Crippen LogP contribution is -2.37. The Morgan fingerprint density at radius 1 is 1.11 bits per heavy atom. The molecule has 4 rings (SSSR count). The molecule has 1 aliphatic rings. The number of methoxy groups -OCH3 is 1. The third kappa shape index (κ3) is 5.56. The zero-order valence-electron chi connectivity index (χ0n) is 19.1. The van der Waals surface area contributed by atoms with Gasteiger partial charge in [-0.05, 0) is 67.1 Å². The summed E-state index contributed by atoms with van der Waals surface area (Å²) in [6.45, 7) is 1.69.